The van der Waals surface area contributed by atoms with Crippen LogP contribution in [0.3, 0.4) is 0 Å². The lowest BCUT2D eigenvalue weighted by molar-refractivity contribution is 0.0889. The lowest BCUT2D eigenvalue weighted by Gasteiger charge is -2.43. The Morgan fingerprint density at radius 1 is 1.46 bits per heavy atom. The number of nitrogens with two attached hydrogens (primary N) is 1. The lowest BCUT2D eigenvalue weighted by Crippen LogP contribution is -2.59. The zero-order valence-corrected chi connectivity index (χ0v) is 8.71. The summed E-state index contributed by atoms with van der Waals surface area (Å²) in [7, 11) is 1.83. The van der Waals surface area contributed by atoms with Gasteiger partial charge in [0.1, 0.15) is 0 Å². The van der Waals surface area contributed by atoms with Crippen LogP contribution in [0.15, 0.2) is 0 Å². The van der Waals surface area contributed by atoms with E-state index < -0.39 is 0 Å². The van der Waals surface area contributed by atoms with Crippen LogP contribution < -0.4 is 5.73 Å². The van der Waals surface area contributed by atoms with Gasteiger partial charge in [0.2, 0.25) is 0 Å². The minimum absolute atomic E-state index is 0.0988. The molecule has 0 radical (unpaired) electrons. The van der Waals surface area contributed by atoms with E-state index in [1.165, 1.54) is 0 Å². The summed E-state index contributed by atoms with van der Waals surface area (Å²) in [5, 5.41) is 0. The molecule has 0 bridgehead atoms. The summed E-state index contributed by atoms with van der Waals surface area (Å²) in [4.78, 5) is 15.3. The van der Waals surface area contributed by atoms with Crippen LogP contribution >= 0.6 is 0 Å². The first-order valence-electron chi connectivity index (χ1n) is 4.72. The van der Waals surface area contributed by atoms with Gasteiger partial charge in [-0.25, -0.2) is 4.79 Å². The first kappa shape index (κ1) is 10.3. The van der Waals surface area contributed by atoms with Gasteiger partial charge in [-0.15, -0.1) is 0 Å². The molecule has 1 fully saturated rings. The topological polar surface area (TPSA) is 49.6 Å². The highest BCUT2D eigenvalue weighted by molar-refractivity contribution is 5.75. The van der Waals surface area contributed by atoms with Crippen molar-refractivity contribution in [3.05, 3.63) is 0 Å². The quantitative estimate of drug-likeness (QED) is 0.680. The van der Waals surface area contributed by atoms with Crippen LogP contribution in [-0.4, -0.2) is 48.1 Å². The van der Waals surface area contributed by atoms with Gasteiger partial charge < -0.3 is 15.5 Å². The normalized spacial score (nSPS) is 19.5. The van der Waals surface area contributed by atoms with E-state index in [1.54, 1.807) is 4.90 Å². The summed E-state index contributed by atoms with van der Waals surface area (Å²) < 4.78 is 0. The molecular formula is C9H19N3O. The highest BCUT2D eigenvalue weighted by atomic mass is 16.2. The average molecular weight is 185 g/mol. The van der Waals surface area contributed by atoms with Gasteiger partial charge in [0.15, 0.2) is 0 Å². The molecule has 0 unspecified atom stereocenters. The second-order valence-electron chi connectivity index (χ2n) is 4.23. The van der Waals surface area contributed by atoms with Gasteiger partial charge in [0.05, 0.1) is 5.54 Å². The molecule has 76 valence electrons. The fourth-order valence-electron chi connectivity index (χ4n) is 1.54. The summed E-state index contributed by atoms with van der Waals surface area (Å²) in [6, 6.07) is 0.0988. The molecule has 0 aliphatic carbocycles. The molecule has 0 saturated carbocycles. The summed E-state index contributed by atoms with van der Waals surface area (Å²) in [5.41, 5.74) is 5.42. The molecule has 0 aromatic heterocycles. The van der Waals surface area contributed by atoms with Crippen molar-refractivity contribution in [3.8, 4) is 0 Å². The molecular weight excluding hydrogens is 166 g/mol. The molecule has 4 nitrogen and oxygen atoms in total. The summed E-state index contributed by atoms with van der Waals surface area (Å²) in [5.74, 6) is 0. The molecule has 0 spiro atoms. The van der Waals surface area contributed by atoms with Gasteiger partial charge in [-0.2, -0.15) is 0 Å². The van der Waals surface area contributed by atoms with Gasteiger partial charge >= 0.3 is 6.03 Å². The Kier molecular flexibility index (Phi) is 2.81. The minimum atomic E-state index is -0.217. The lowest BCUT2D eigenvalue weighted by atomic mass is 10.0. The van der Waals surface area contributed by atoms with Crippen molar-refractivity contribution in [2.45, 2.75) is 25.8 Å². The van der Waals surface area contributed by atoms with E-state index in [0.29, 0.717) is 6.54 Å². The number of hydrogen-bond donors (Lipinski definition) is 1. The van der Waals surface area contributed by atoms with Gasteiger partial charge in [-0.1, -0.05) is 0 Å². The number of carbonyl (C=O) groups excluding carboxylic acids is 1. The van der Waals surface area contributed by atoms with E-state index in [4.69, 9.17) is 5.73 Å². The Balaban J connectivity index is 2.73. The zero-order valence-electron chi connectivity index (χ0n) is 8.71. The van der Waals surface area contributed by atoms with Crippen LogP contribution in [0.2, 0.25) is 0 Å². The summed E-state index contributed by atoms with van der Waals surface area (Å²) in [6.45, 7) is 6.20. The number of rotatable bonds is 2. The molecule has 1 rings (SSSR count). The molecule has 2 amide bonds. The monoisotopic (exact) mass is 185 g/mol. The van der Waals surface area contributed by atoms with E-state index in [9.17, 15) is 4.79 Å². The van der Waals surface area contributed by atoms with E-state index >= 15 is 0 Å². The third-order valence-electron chi connectivity index (χ3n) is 2.66. The molecule has 13 heavy (non-hydrogen) atoms. The van der Waals surface area contributed by atoms with Crippen molar-refractivity contribution >= 4 is 6.03 Å². The smallest absolute Gasteiger partial charge is 0.320 e. The molecule has 1 aliphatic heterocycles. The first-order chi connectivity index (χ1) is 5.99. The number of nitrogens with zero attached hydrogens (tertiary/aromatic N) is 2. The fraction of sp³-hybridized carbons (Fsp3) is 0.889. The van der Waals surface area contributed by atoms with Gasteiger partial charge in [0.25, 0.3) is 0 Å². The Hall–Kier alpha value is -0.770. The Morgan fingerprint density at radius 2 is 2.08 bits per heavy atom. The van der Waals surface area contributed by atoms with Crippen molar-refractivity contribution in [1.82, 2.24) is 9.80 Å². The maximum absolute atomic E-state index is 11.7. The van der Waals surface area contributed by atoms with Crippen molar-refractivity contribution in [1.29, 1.82) is 0 Å². The van der Waals surface area contributed by atoms with Crippen molar-refractivity contribution in [2.75, 3.05) is 26.7 Å². The predicted molar refractivity (Wildman–Crippen MR) is 52.5 cm³/mol. The number of urea groups is 1. The Labute approximate surface area is 79.7 Å². The number of carbonyl (C=O) groups is 1. The van der Waals surface area contributed by atoms with Crippen LogP contribution in [0.25, 0.3) is 0 Å². The Morgan fingerprint density at radius 3 is 2.62 bits per heavy atom. The van der Waals surface area contributed by atoms with Crippen molar-refractivity contribution < 1.29 is 4.79 Å². The molecule has 0 aromatic carbocycles. The van der Waals surface area contributed by atoms with Gasteiger partial charge in [0, 0.05) is 26.7 Å². The molecule has 0 atom stereocenters. The van der Waals surface area contributed by atoms with E-state index in [1.807, 2.05) is 25.8 Å². The van der Waals surface area contributed by atoms with Crippen LogP contribution in [0.1, 0.15) is 20.3 Å². The zero-order chi connectivity index (χ0) is 10.1. The number of hydrogen-bond acceptors (Lipinski definition) is 2. The van der Waals surface area contributed by atoms with Gasteiger partial charge in [-0.3, -0.25) is 0 Å². The van der Waals surface area contributed by atoms with Crippen molar-refractivity contribution in [3.63, 3.8) is 0 Å². The van der Waals surface area contributed by atoms with Crippen LogP contribution in [0.4, 0.5) is 4.79 Å². The SMILES string of the molecule is CN1CCCN(C(C)(C)CN)C1=O. The Bertz CT molecular complexity index is 203. The molecule has 0 aromatic rings. The highest BCUT2D eigenvalue weighted by Gasteiger charge is 2.33. The highest BCUT2D eigenvalue weighted by Crippen LogP contribution is 2.18. The molecule has 4 heteroatoms. The second kappa shape index (κ2) is 3.54. The summed E-state index contributed by atoms with van der Waals surface area (Å²) >= 11 is 0. The van der Waals surface area contributed by atoms with E-state index in [0.717, 1.165) is 19.5 Å². The van der Waals surface area contributed by atoms with Crippen LogP contribution in [0, 0.1) is 0 Å². The van der Waals surface area contributed by atoms with Crippen LogP contribution in [0.5, 0.6) is 0 Å². The molecule has 1 saturated heterocycles. The molecule has 1 heterocycles. The third kappa shape index (κ3) is 1.94. The third-order valence-corrected chi connectivity index (χ3v) is 2.66. The van der Waals surface area contributed by atoms with E-state index in [2.05, 4.69) is 0 Å². The first-order valence-corrected chi connectivity index (χ1v) is 4.72. The van der Waals surface area contributed by atoms with Crippen molar-refractivity contribution in [2.24, 2.45) is 5.73 Å². The fourth-order valence-corrected chi connectivity index (χ4v) is 1.54. The van der Waals surface area contributed by atoms with Crippen LogP contribution in [-0.2, 0) is 0 Å². The van der Waals surface area contributed by atoms with E-state index in [-0.39, 0.29) is 11.6 Å². The second-order valence-corrected chi connectivity index (χ2v) is 4.23. The number of amides is 2. The molecule has 1 aliphatic rings. The van der Waals surface area contributed by atoms with Gasteiger partial charge in [-0.05, 0) is 20.3 Å². The maximum Gasteiger partial charge on any atom is 0.320 e. The standard InChI is InChI=1S/C9H19N3O/c1-9(2,7-10)12-6-4-5-11(3)8(12)13/h4-7,10H2,1-3H3. The molecule has 2 N–H and O–H groups in total. The largest absolute Gasteiger partial charge is 0.328 e. The minimum Gasteiger partial charge on any atom is -0.328 e. The summed E-state index contributed by atoms with van der Waals surface area (Å²) in [6.07, 6.45) is 1.03. The predicted octanol–water partition coefficient (Wildman–Crippen LogP) is 0.481. The average Bonchev–Trinajstić information content (AvgIpc) is 2.09. The maximum atomic E-state index is 11.7.